The fraction of sp³-hybridized carbons (Fsp3) is 0.267. The molecule has 1 aromatic carbocycles. The number of nitrogens with zero attached hydrogens (tertiary/aromatic N) is 1. The summed E-state index contributed by atoms with van der Waals surface area (Å²) in [5.74, 6) is 0.367. The summed E-state index contributed by atoms with van der Waals surface area (Å²) in [4.78, 5) is 4.30. The Balaban J connectivity index is 2.28. The van der Waals surface area contributed by atoms with Gasteiger partial charge < -0.3 is 0 Å². The smallest absolute Gasteiger partial charge is 0.0461 e. The highest BCUT2D eigenvalue weighted by Crippen LogP contribution is 2.38. The molecule has 0 N–H and O–H groups in total. The SMILES string of the molecule is Cc1cc(Cl)cc(C(Br)C(C)c2ccncc2)c1. The van der Waals surface area contributed by atoms with Gasteiger partial charge in [-0.1, -0.05) is 40.5 Å². The first-order valence-corrected chi connectivity index (χ1v) is 7.18. The van der Waals surface area contributed by atoms with E-state index in [1.165, 1.54) is 16.7 Å². The number of benzene rings is 1. The molecule has 18 heavy (non-hydrogen) atoms. The van der Waals surface area contributed by atoms with Crippen LogP contribution in [0.4, 0.5) is 0 Å². The van der Waals surface area contributed by atoms with Crippen molar-refractivity contribution in [2.45, 2.75) is 24.6 Å². The zero-order chi connectivity index (χ0) is 13.1. The van der Waals surface area contributed by atoms with Crippen molar-refractivity contribution in [2.75, 3.05) is 0 Å². The minimum Gasteiger partial charge on any atom is -0.265 e. The van der Waals surface area contributed by atoms with E-state index in [-0.39, 0.29) is 4.83 Å². The zero-order valence-corrected chi connectivity index (χ0v) is 12.7. The minimum absolute atomic E-state index is 0.247. The maximum absolute atomic E-state index is 6.11. The second-order valence-corrected chi connectivity index (χ2v) is 5.96. The Hall–Kier alpha value is -0.860. The number of aryl methyl sites for hydroxylation is 1. The van der Waals surface area contributed by atoms with Gasteiger partial charge >= 0.3 is 0 Å². The summed E-state index contributed by atoms with van der Waals surface area (Å²) in [6, 6.07) is 10.3. The molecule has 94 valence electrons. The van der Waals surface area contributed by atoms with Crippen molar-refractivity contribution in [3.05, 3.63) is 64.4 Å². The first-order valence-electron chi connectivity index (χ1n) is 5.89. The van der Waals surface area contributed by atoms with Crippen molar-refractivity contribution >= 4 is 27.5 Å². The zero-order valence-electron chi connectivity index (χ0n) is 10.4. The summed E-state index contributed by atoms with van der Waals surface area (Å²) in [6.45, 7) is 4.26. The van der Waals surface area contributed by atoms with E-state index in [9.17, 15) is 0 Å². The summed E-state index contributed by atoms with van der Waals surface area (Å²) in [6.07, 6.45) is 3.66. The van der Waals surface area contributed by atoms with Crippen LogP contribution in [0, 0.1) is 6.92 Å². The van der Waals surface area contributed by atoms with Crippen molar-refractivity contribution in [2.24, 2.45) is 0 Å². The average molecular weight is 325 g/mol. The van der Waals surface area contributed by atoms with E-state index in [4.69, 9.17) is 11.6 Å². The maximum Gasteiger partial charge on any atom is 0.0461 e. The van der Waals surface area contributed by atoms with Crippen molar-refractivity contribution < 1.29 is 0 Å². The molecule has 0 saturated carbocycles. The van der Waals surface area contributed by atoms with Crippen molar-refractivity contribution in [1.82, 2.24) is 4.98 Å². The van der Waals surface area contributed by atoms with Crippen molar-refractivity contribution in [1.29, 1.82) is 0 Å². The summed E-state index contributed by atoms with van der Waals surface area (Å²) in [5, 5.41) is 0.788. The quantitative estimate of drug-likeness (QED) is 0.700. The Morgan fingerprint density at radius 2 is 1.78 bits per heavy atom. The predicted octanol–water partition coefficient (Wildman–Crippen LogP) is 5.28. The third-order valence-corrected chi connectivity index (χ3v) is 4.59. The van der Waals surface area contributed by atoms with E-state index in [0.717, 1.165) is 5.02 Å². The van der Waals surface area contributed by atoms with Gasteiger partial charge in [0.25, 0.3) is 0 Å². The monoisotopic (exact) mass is 323 g/mol. The molecule has 2 unspecified atom stereocenters. The molecule has 3 heteroatoms. The van der Waals surface area contributed by atoms with Gasteiger partial charge in [-0.05, 0) is 53.8 Å². The normalized spacial score (nSPS) is 14.2. The van der Waals surface area contributed by atoms with Gasteiger partial charge in [0.15, 0.2) is 0 Å². The van der Waals surface area contributed by atoms with E-state index < -0.39 is 0 Å². The lowest BCUT2D eigenvalue weighted by molar-refractivity contribution is 0.749. The topological polar surface area (TPSA) is 12.9 Å². The van der Waals surface area contributed by atoms with Gasteiger partial charge in [-0.2, -0.15) is 0 Å². The van der Waals surface area contributed by atoms with E-state index in [0.29, 0.717) is 5.92 Å². The Morgan fingerprint density at radius 1 is 1.11 bits per heavy atom. The standard InChI is InChI=1S/C15H15BrClN/c1-10-7-13(9-14(17)8-10)15(16)11(2)12-3-5-18-6-4-12/h3-9,11,15H,1-2H3. The Kier molecular flexibility index (Phi) is 4.41. The van der Waals surface area contributed by atoms with Crippen LogP contribution in [0.3, 0.4) is 0 Å². The molecule has 0 amide bonds. The van der Waals surface area contributed by atoms with E-state index in [1.807, 2.05) is 24.5 Å². The summed E-state index contributed by atoms with van der Waals surface area (Å²) >= 11 is 9.89. The van der Waals surface area contributed by atoms with Gasteiger partial charge in [-0.15, -0.1) is 0 Å². The molecule has 1 nitrogen and oxygen atoms in total. The number of pyridine rings is 1. The largest absolute Gasteiger partial charge is 0.265 e. The molecule has 0 radical (unpaired) electrons. The number of halogens is 2. The molecular formula is C15H15BrClN. The summed E-state index contributed by atoms with van der Waals surface area (Å²) < 4.78 is 0. The number of hydrogen-bond donors (Lipinski definition) is 0. The lowest BCUT2D eigenvalue weighted by atomic mass is 9.94. The molecule has 2 atom stereocenters. The van der Waals surface area contributed by atoms with Crippen LogP contribution in [0.25, 0.3) is 0 Å². The highest BCUT2D eigenvalue weighted by atomic mass is 79.9. The lowest BCUT2D eigenvalue weighted by Crippen LogP contribution is -2.02. The van der Waals surface area contributed by atoms with Crippen LogP contribution < -0.4 is 0 Å². The molecular weight excluding hydrogens is 310 g/mol. The second kappa shape index (κ2) is 5.85. The fourth-order valence-electron chi connectivity index (χ4n) is 2.05. The summed E-state index contributed by atoms with van der Waals surface area (Å²) in [5.41, 5.74) is 3.66. The molecule has 0 spiro atoms. The van der Waals surface area contributed by atoms with E-state index in [1.54, 1.807) is 0 Å². The third kappa shape index (κ3) is 3.12. The van der Waals surface area contributed by atoms with E-state index >= 15 is 0 Å². The average Bonchev–Trinajstić information content (AvgIpc) is 2.37. The van der Waals surface area contributed by atoms with Gasteiger partial charge in [0, 0.05) is 22.2 Å². The predicted molar refractivity (Wildman–Crippen MR) is 80.5 cm³/mol. The molecule has 0 fully saturated rings. The molecule has 1 heterocycles. The highest BCUT2D eigenvalue weighted by Gasteiger charge is 2.18. The number of aromatic nitrogens is 1. The van der Waals surface area contributed by atoms with Crippen LogP contribution in [0.5, 0.6) is 0 Å². The molecule has 0 bridgehead atoms. The summed E-state index contributed by atoms with van der Waals surface area (Å²) in [7, 11) is 0. The molecule has 2 rings (SSSR count). The number of hydrogen-bond acceptors (Lipinski definition) is 1. The number of rotatable bonds is 3. The van der Waals surface area contributed by atoms with Crippen LogP contribution in [0.2, 0.25) is 5.02 Å². The Bertz CT molecular complexity index is 507. The Morgan fingerprint density at radius 3 is 2.39 bits per heavy atom. The Labute approximate surface area is 121 Å². The van der Waals surface area contributed by atoms with Crippen LogP contribution in [0.1, 0.15) is 34.4 Å². The van der Waals surface area contributed by atoms with Crippen LogP contribution in [-0.4, -0.2) is 4.98 Å². The fourth-order valence-corrected chi connectivity index (χ4v) is 2.92. The molecule has 0 aliphatic heterocycles. The van der Waals surface area contributed by atoms with Crippen LogP contribution in [-0.2, 0) is 0 Å². The lowest BCUT2D eigenvalue weighted by Gasteiger charge is -2.19. The minimum atomic E-state index is 0.247. The first kappa shape index (κ1) is 13.6. The molecule has 0 aliphatic carbocycles. The van der Waals surface area contributed by atoms with Gasteiger partial charge in [0.2, 0.25) is 0 Å². The van der Waals surface area contributed by atoms with Gasteiger partial charge in [-0.25, -0.2) is 0 Å². The second-order valence-electron chi connectivity index (χ2n) is 4.53. The van der Waals surface area contributed by atoms with Gasteiger partial charge in [0.05, 0.1) is 0 Å². The van der Waals surface area contributed by atoms with Gasteiger partial charge in [-0.3, -0.25) is 4.98 Å². The highest BCUT2D eigenvalue weighted by molar-refractivity contribution is 9.09. The van der Waals surface area contributed by atoms with Crippen LogP contribution >= 0.6 is 27.5 Å². The molecule has 0 saturated heterocycles. The molecule has 1 aromatic heterocycles. The van der Waals surface area contributed by atoms with Crippen molar-refractivity contribution in [3.63, 3.8) is 0 Å². The van der Waals surface area contributed by atoms with Crippen LogP contribution in [0.15, 0.2) is 42.7 Å². The molecule has 0 aliphatic rings. The third-order valence-electron chi connectivity index (χ3n) is 3.05. The first-order chi connectivity index (χ1) is 8.58. The van der Waals surface area contributed by atoms with Gasteiger partial charge in [0.1, 0.15) is 0 Å². The maximum atomic E-state index is 6.11. The van der Waals surface area contributed by atoms with Crippen molar-refractivity contribution in [3.8, 4) is 0 Å². The van der Waals surface area contributed by atoms with E-state index in [2.05, 4.69) is 53.0 Å². The molecule has 2 aromatic rings. The number of alkyl halides is 1.